The quantitative estimate of drug-likeness (QED) is 0.458. The van der Waals surface area contributed by atoms with E-state index in [0.29, 0.717) is 0 Å². The molecule has 0 heterocycles. The highest BCUT2D eigenvalue weighted by Crippen LogP contribution is 2.19. The minimum atomic E-state index is 0. The van der Waals surface area contributed by atoms with Crippen LogP contribution in [0.15, 0.2) is 72.8 Å². The van der Waals surface area contributed by atoms with Crippen molar-refractivity contribution in [2.45, 2.75) is 35.1 Å². The summed E-state index contributed by atoms with van der Waals surface area (Å²) < 4.78 is 0. The molecule has 0 nitrogen and oxygen atoms in total. The first-order valence-corrected chi connectivity index (χ1v) is 7.71. The van der Waals surface area contributed by atoms with Gasteiger partial charge in [-0.05, 0) is 38.8 Å². The third kappa shape index (κ3) is 6.12. The fraction of sp³-hybridized carbons (Fsp3) is 0.217. The average Bonchev–Trinajstić information content (AvgIpc) is 2.53. The topological polar surface area (TPSA) is 0 Å². The molecule has 0 heteroatoms. The summed E-state index contributed by atoms with van der Waals surface area (Å²) in [5.74, 6) is 0. The molecule has 0 aliphatic rings. The summed E-state index contributed by atoms with van der Waals surface area (Å²) in [5.41, 5.74) is 7.85. The molecule has 0 saturated carbocycles. The molecule has 3 aromatic rings. The van der Waals surface area contributed by atoms with E-state index in [-0.39, 0.29) is 7.43 Å². The number of aryl methyl sites for hydroxylation is 4. The Morgan fingerprint density at radius 3 is 0.739 bits per heavy atom. The summed E-state index contributed by atoms with van der Waals surface area (Å²) in [4.78, 5) is 0. The number of rotatable bonds is 1. The summed E-state index contributed by atoms with van der Waals surface area (Å²) in [5, 5.41) is 0. The van der Waals surface area contributed by atoms with E-state index >= 15 is 0 Å². The predicted octanol–water partition coefficient (Wildman–Crippen LogP) is 6.91. The van der Waals surface area contributed by atoms with E-state index < -0.39 is 0 Å². The van der Waals surface area contributed by atoms with Crippen LogP contribution in [0, 0.1) is 27.7 Å². The van der Waals surface area contributed by atoms with Crippen molar-refractivity contribution >= 4 is 0 Å². The van der Waals surface area contributed by atoms with Gasteiger partial charge < -0.3 is 0 Å². The van der Waals surface area contributed by atoms with Gasteiger partial charge in [0.1, 0.15) is 0 Å². The van der Waals surface area contributed by atoms with Crippen LogP contribution in [0.4, 0.5) is 0 Å². The van der Waals surface area contributed by atoms with Gasteiger partial charge in [0.25, 0.3) is 0 Å². The Morgan fingerprint density at radius 2 is 0.522 bits per heavy atom. The Morgan fingerprint density at radius 1 is 0.348 bits per heavy atom. The Hall–Kier alpha value is -2.34. The lowest BCUT2D eigenvalue weighted by molar-refractivity contribution is 1.40. The van der Waals surface area contributed by atoms with Crippen molar-refractivity contribution < 1.29 is 0 Å². The molecular weight excluding hydrogens is 276 g/mol. The van der Waals surface area contributed by atoms with Gasteiger partial charge in [0, 0.05) is 0 Å². The fourth-order valence-corrected chi connectivity index (χ4v) is 2.13. The Kier molecular flexibility index (Phi) is 7.28. The van der Waals surface area contributed by atoms with Gasteiger partial charge in [-0.15, -0.1) is 0 Å². The van der Waals surface area contributed by atoms with Crippen molar-refractivity contribution in [3.8, 4) is 11.1 Å². The summed E-state index contributed by atoms with van der Waals surface area (Å²) in [6.07, 6.45) is 0. The van der Waals surface area contributed by atoms with Crippen LogP contribution < -0.4 is 0 Å². The molecule has 3 aromatic carbocycles. The molecule has 0 bridgehead atoms. The standard InChI is InChI=1S/C14H14.C8H10.CH4/c1-11-3-7-13(8-4-11)14-9-5-12(2)6-10-14;1-7-3-5-8(2)6-4-7;/h3-10H,1-2H3;3-6H,1-2H3;1H4. The molecule has 0 aliphatic carbocycles. The molecular formula is C23H28. The lowest BCUT2D eigenvalue weighted by Crippen LogP contribution is -1.78. The molecule has 3 rings (SSSR count). The van der Waals surface area contributed by atoms with Gasteiger partial charge in [-0.2, -0.15) is 0 Å². The fourth-order valence-electron chi connectivity index (χ4n) is 2.13. The molecule has 0 unspecified atom stereocenters. The SMILES string of the molecule is C.Cc1ccc(-c2ccc(C)cc2)cc1.Cc1ccc(C)cc1. The van der Waals surface area contributed by atoms with Crippen LogP contribution in [0.3, 0.4) is 0 Å². The van der Waals surface area contributed by atoms with E-state index in [1.54, 1.807) is 0 Å². The molecule has 0 saturated heterocycles. The summed E-state index contributed by atoms with van der Waals surface area (Å²) >= 11 is 0. The second kappa shape index (κ2) is 8.95. The van der Waals surface area contributed by atoms with Crippen LogP contribution in [-0.4, -0.2) is 0 Å². The van der Waals surface area contributed by atoms with Gasteiger partial charge in [-0.25, -0.2) is 0 Å². The van der Waals surface area contributed by atoms with Gasteiger partial charge in [0.05, 0.1) is 0 Å². The third-order valence-corrected chi connectivity index (χ3v) is 3.65. The highest BCUT2D eigenvalue weighted by Gasteiger charge is 1.95. The third-order valence-electron chi connectivity index (χ3n) is 3.65. The van der Waals surface area contributed by atoms with E-state index in [4.69, 9.17) is 0 Å². The highest BCUT2D eigenvalue weighted by molar-refractivity contribution is 5.63. The summed E-state index contributed by atoms with van der Waals surface area (Å²) in [7, 11) is 0. The van der Waals surface area contributed by atoms with Gasteiger partial charge in [-0.1, -0.05) is 102 Å². The van der Waals surface area contributed by atoms with E-state index in [9.17, 15) is 0 Å². The lowest BCUT2D eigenvalue weighted by atomic mass is 10.0. The van der Waals surface area contributed by atoms with Crippen LogP contribution in [0.25, 0.3) is 11.1 Å². The second-order valence-corrected chi connectivity index (χ2v) is 5.89. The molecule has 0 radical (unpaired) electrons. The van der Waals surface area contributed by atoms with E-state index in [1.165, 1.54) is 33.4 Å². The largest absolute Gasteiger partial charge is 0.0776 e. The second-order valence-electron chi connectivity index (χ2n) is 5.89. The van der Waals surface area contributed by atoms with Gasteiger partial charge in [-0.3, -0.25) is 0 Å². The van der Waals surface area contributed by atoms with Gasteiger partial charge in [0.15, 0.2) is 0 Å². The average molecular weight is 304 g/mol. The van der Waals surface area contributed by atoms with Gasteiger partial charge >= 0.3 is 0 Å². The number of benzene rings is 3. The van der Waals surface area contributed by atoms with Crippen molar-refractivity contribution in [3.05, 3.63) is 95.1 Å². The first-order chi connectivity index (χ1) is 10.5. The molecule has 0 atom stereocenters. The zero-order valence-corrected chi connectivity index (χ0v) is 13.9. The molecule has 0 spiro atoms. The minimum absolute atomic E-state index is 0. The smallest absolute Gasteiger partial charge is 0.0184 e. The summed E-state index contributed by atoms with van der Waals surface area (Å²) in [6.45, 7) is 8.41. The van der Waals surface area contributed by atoms with Gasteiger partial charge in [0.2, 0.25) is 0 Å². The minimum Gasteiger partial charge on any atom is -0.0776 e. The number of hydrogen-bond acceptors (Lipinski definition) is 0. The van der Waals surface area contributed by atoms with Crippen LogP contribution >= 0.6 is 0 Å². The zero-order chi connectivity index (χ0) is 15.9. The zero-order valence-electron chi connectivity index (χ0n) is 13.9. The molecule has 0 amide bonds. The van der Waals surface area contributed by atoms with E-state index in [2.05, 4.69) is 100 Å². The molecule has 0 aliphatic heterocycles. The van der Waals surface area contributed by atoms with Crippen molar-refractivity contribution in [1.29, 1.82) is 0 Å². The van der Waals surface area contributed by atoms with Crippen LogP contribution in [0.1, 0.15) is 29.7 Å². The van der Waals surface area contributed by atoms with Crippen molar-refractivity contribution in [2.24, 2.45) is 0 Å². The maximum Gasteiger partial charge on any atom is -0.0184 e. The lowest BCUT2D eigenvalue weighted by Gasteiger charge is -2.02. The van der Waals surface area contributed by atoms with Crippen LogP contribution in [0.5, 0.6) is 0 Å². The van der Waals surface area contributed by atoms with Crippen molar-refractivity contribution in [3.63, 3.8) is 0 Å². The first kappa shape index (κ1) is 18.7. The maximum atomic E-state index is 2.17. The molecule has 0 aromatic heterocycles. The molecule has 0 fully saturated rings. The molecule has 0 N–H and O–H groups in total. The highest BCUT2D eigenvalue weighted by atomic mass is 14.0. The Balaban J connectivity index is 0.000000253. The van der Waals surface area contributed by atoms with Crippen LogP contribution in [0.2, 0.25) is 0 Å². The van der Waals surface area contributed by atoms with Crippen molar-refractivity contribution in [1.82, 2.24) is 0 Å². The first-order valence-electron chi connectivity index (χ1n) is 7.71. The monoisotopic (exact) mass is 304 g/mol. The number of hydrogen-bond donors (Lipinski definition) is 0. The molecule has 120 valence electrons. The predicted molar refractivity (Wildman–Crippen MR) is 104 cm³/mol. The van der Waals surface area contributed by atoms with Crippen molar-refractivity contribution in [2.75, 3.05) is 0 Å². The molecule has 23 heavy (non-hydrogen) atoms. The van der Waals surface area contributed by atoms with E-state index in [1.807, 2.05) is 0 Å². The Labute approximate surface area is 141 Å². The van der Waals surface area contributed by atoms with E-state index in [0.717, 1.165) is 0 Å². The Bertz CT molecular complexity index is 622. The maximum absolute atomic E-state index is 2.17. The normalized spacial score (nSPS) is 9.39. The summed E-state index contributed by atoms with van der Waals surface area (Å²) in [6, 6.07) is 25.7. The van der Waals surface area contributed by atoms with Crippen LogP contribution in [-0.2, 0) is 0 Å².